The first-order chi connectivity index (χ1) is 33.2. The van der Waals surface area contributed by atoms with Crippen LogP contribution in [0.4, 0.5) is 17.3 Å². The number of carbonyl (C=O) groups excluding carboxylic acids is 3. The highest BCUT2D eigenvalue weighted by Gasteiger charge is 2.62. The summed E-state index contributed by atoms with van der Waals surface area (Å²) in [5.41, 5.74) is 14.3. The third-order valence-electron chi connectivity index (χ3n) is 14.7. The van der Waals surface area contributed by atoms with E-state index in [0.29, 0.717) is 23.8 Å². The summed E-state index contributed by atoms with van der Waals surface area (Å²) in [6.45, 7) is 7.44. The summed E-state index contributed by atoms with van der Waals surface area (Å²) < 4.78 is 6.41. The molecule has 1 amide bonds. The van der Waals surface area contributed by atoms with E-state index >= 15 is 0 Å². The van der Waals surface area contributed by atoms with Gasteiger partial charge in [-0.3, -0.25) is 24.2 Å². The standard InChI is InChI=1S/C29H35NO2.C17H22N2O3.C8H12N4O4/c1-5-15-29(32)16-14-26-24-12-8-20-17-22(31)11-13-23(20)27(24)25(18-28(26,29)2)19-6-9-21(10-7-19)30(3)4;1-12(5-10-16(20)18-22)11-13(2)17(21)14-6-8-15(9-7-14)19(3)4;9-7-10-3-12(8(15)11-7)6-1-4(14)5(2-13)16-6/h6-7,9-10,17,24-26,32H,8,11-14,16,18H2,1-4H3;5-11,13,22H,1-4H3,(H,18,20);3-6,13-14H,1-2H2,(H2,9,11,15)/b;10-5+,12-11+;/t24-,25+,26-,28-,29-;13-;4-,5+,6+/m010/s1. The molecule has 0 unspecified atom stereocenters. The number of amides is 1. The van der Waals surface area contributed by atoms with Gasteiger partial charge in [0.05, 0.1) is 12.7 Å². The van der Waals surface area contributed by atoms with Crippen LogP contribution in [0.2, 0.25) is 0 Å². The number of Topliss-reactive ketones (excluding diaryl/α,β-unsaturated/α-hetero) is 1. The largest absolute Gasteiger partial charge is 0.394 e. The average molecular weight is 960 g/mol. The summed E-state index contributed by atoms with van der Waals surface area (Å²) in [5, 5.41) is 38.5. The van der Waals surface area contributed by atoms with Crippen molar-refractivity contribution >= 4 is 34.8 Å². The minimum atomic E-state index is -0.914. The molecule has 16 heteroatoms. The molecule has 1 saturated heterocycles. The number of aromatic nitrogens is 3. The van der Waals surface area contributed by atoms with Gasteiger partial charge in [0.15, 0.2) is 11.6 Å². The number of benzene rings is 2. The predicted octanol–water partition coefficient (Wildman–Crippen LogP) is 5.85. The Balaban J connectivity index is 0.000000184. The zero-order chi connectivity index (χ0) is 51.1. The summed E-state index contributed by atoms with van der Waals surface area (Å²) in [4.78, 5) is 58.1. The zero-order valence-corrected chi connectivity index (χ0v) is 41.6. The van der Waals surface area contributed by atoms with E-state index < -0.39 is 35.6 Å². The zero-order valence-electron chi connectivity index (χ0n) is 41.6. The van der Waals surface area contributed by atoms with Crippen molar-refractivity contribution in [2.24, 2.45) is 23.2 Å². The van der Waals surface area contributed by atoms with Crippen molar-refractivity contribution in [3.8, 4) is 11.8 Å². The lowest BCUT2D eigenvalue weighted by Gasteiger charge is -2.53. The highest BCUT2D eigenvalue weighted by Crippen LogP contribution is 2.66. The molecular formula is C54H69N7O9. The summed E-state index contributed by atoms with van der Waals surface area (Å²) >= 11 is 0. The number of nitrogens with zero attached hydrogens (tertiary/aromatic N) is 5. The van der Waals surface area contributed by atoms with Crippen molar-refractivity contribution < 1.29 is 39.6 Å². The van der Waals surface area contributed by atoms with E-state index in [9.17, 15) is 29.4 Å². The number of carbonyl (C=O) groups is 3. The van der Waals surface area contributed by atoms with Gasteiger partial charge >= 0.3 is 5.69 Å². The molecule has 374 valence electrons. The van der Waals surface area contributed by atoms with Crippen molar-refractivity contribution in [2.75, 3.05) is 50.3 Å². The van der Waals surface area contributed by atoms with E-state index in [1.54, 1.807) is 24.6 Å². The number of anilines is 3. The lowest BCUT2D eigenvalue weighted by atomic mass is 9.51. The number of ketones is 2. The first kappa shape index (κ1) is 53.1. The minimum Gasteiger partial charge on any atom is -0.394 e. The highest BCUT2D eigenvalue weighted by atomic mass is 16.5. The molecule has 16 nitrogen and oxygen atoms in total. The van der Waals surface area contributed by atoms with Gasteiger partial charge in [-0.2, -0.15) is 4.98 Å². The van der Waals surface area contributed by atoms with Crippen LogP contribution in [0.1, 0.15) is 107 Å². The van der Waals surface area contributed by atoms with Crippen molar-refractivity contribution in [3.63, 3.8) is 0 Å². The van der Waals surface area contributed by atoms with Crippen LogP contribution < -0.4 is 26.7 Å². The molecule has 0 spiro atoms. The normalized spacial score (nSPS) is 27.2. The maximum absolute atomic E-state index is 12.4. The van der Waals surface area contributed by atoms with Gasteiger partial charge in [0.25, 0.3) is 5.91 Å². The molecule has 1 aliphatic heterocycles. The number of aliphatic hydroxyl groups is 3. The van der Waals surface area contributed by atoms with Crippen LogP contribution in [0.15, 0.2) is 106 Å². The number of aliphatic hydroxyl groups excluding tert-OH is 2. The third kappa shape index (κ3) is 11.7. The molecule has 2 aromatic carbocycles. The molecule has 4 aliphatic carbocycles. The van der Waals surface area contributed by atoms with Gasteiger partial charge in [-0.1, -0.05) is 55.2 Å². The Bertz CT molecular complexity index is 2640. The number of rotatable bonds is 10. The molecule has 3 fully saturated rings. The van der Waals surface area contributed by atoms with Gasteiger partial charge in [-0.25, -0.2) is 15.3 Å². The Morgan fingerprint density at radius 1 is 1.01 bits per heavy atom. The Labute approximate surface area is 410 Å². The predicted molar refractivity (Wildman–Crippen MR) is 269 cm³/mol. The Kier molecular flexibility index (Phi) is 17.2. The van der Waals surface area contributed by atoms with Crippen LogP contribution in [0, 0.1) is 35.0 Å². The molecule has 7 N–H and O–H groups in total. The number of fused-ring (bicyclic) bond motifs is 4. The van der Waals surface area contributed by atoms with Gasteiger partial charge in [0.2, 0.25) is 5.95 Å². The number of hydrogen-bond acceptors (Lipinski definition) is 14. The summed E-state index contributed by atoms with van der Waals surface area (Å²) in [6.07, 6.45) is 12.0. The van der Waals surface area contributed by atoms with E-state index in [-0.39, 0.29) is 47.8 Å². The van der Waals surface area contributed by atoms with Crippen molar-refractivity contribution in [2.45, 2.75) is 109 Å². The maximum atomic E-state index is 12.4. The lowest BCUT2D eigenvalue weighted by Crippen LogP contribution is -2.51. The fourth-order valence-electron chi connectivity index (χ4n) is 10.9. The first-order valence-electron chi connectivity index (χ1n) is 23.9. The molecule has 3 aromatic rings. The topological polar surface area (TPSA) is 234 Å². The summed E-state index contributed by atoms with van der Waals surface area (Å²) in [7, 11) is 8.03. The number of allylic oxidation sites excluding steroid dienone is 7. The van der Waals surface area contributed by atoms with E-state index in [4.69, 9.17) is 20.8 Å². The number of hydrogen-bond donors (Lipinski definition) is 6. The van der Waals surface area contributed by atoms with Crippen molar-refractivity contribution in [3.05, 3.63) is 123 Å². The lowest BCUT2D eigenvalue weighted by molar-refractivity contribution is -0.124. The maximum Gasteiger partial charge on any atom is 0.354 e. The Hall–Kier alpha value is -6.22. The fourth-order valence-corrected chi connectivity index (χ4v) is 10.9. The number of ether oxygens (including phenoxy) is 1. The molecule has 8 rings (SSSR count). The molecular weight excluding hydrogens is 891 g/mol. The van der Waals surface area contributed by atoms with E-state index in [1.165, 1.54) is 40.3 Å². The van der Waals surface area contributed by atoms with Gasteiger partial charge in [-0.15, -0.1) is 5.92 Å². The van der Waals surface area contributed by atoms with Gasteiger partial charge < -0.3 is 35.6 Å². The highest BCUT2D eigenvalue weighted by molar-refractivity contribution is 5.99. The number of nitrogens with two attached hydrogens (primary N) is 1. The second-order valence-electron chi connectivity index (χ2n) is 19.6. The van der Waals surface area contributed by atoms with E-state index in [0.717, 1.165) is 54.4 Å². The fraction of sp³-hybridized carbons (Fsp3) is 0.481. The van der Waals surface area contributed by atoms with Gasteiger partial charge in [0.1, 0.15) is 24.3 Å². The quantitative estimate of drug-likeness (QED) is 0.0350. The van der Waals surface area contributed by atoms with Crippen molar-refractivity contribution in [1.82, 2.24) is 20.0 Å². The SMILES string of the molecule is CC#C[C@]1(O)CC[C@H]2[C@@H]3CCC4=CC(=O)CCC4=C3[C@@H](c3ccc(N(C)C)cc3)C[C@@]21C.CC(/C=C/C(=O)NO)=C\[C@@H](C)C(=O)c1ccc(N(C)C)cc1.Nc1ncn([C@H]2C[C@H](O)[C@@H](CO)O2)c(=O)n1. The summed E-state index contributed by atoms with van der Waals surface area (Å²) in [5.74, 6) is 6.76. The monoisotopic (exact) mass is 960 g/mol. The first-order valence-corrected chi connectivity index (χ1v) is 23.9. The molecule has 5 aliphatic rings. The molecule has 0 radical (unpaired) electrons. The van der Waals surface area contributed by atoms with Crippen LogP contribution >= 0.6 is 0 Å². The molecule has 2 heterocycles. The van der Waals surface area contributed by atoms with Crippen LogP contribution in [0.5, 0.6) is 0 Å². The smallest absolute Gasteiger partial charge is 0.354 e. The van der Waals surface area contributed by atoms with E-state index in [2.05, 4.69) is 72.0 Å². The average Bonchev–Trinajstić information content (AvgIpc) is 3.84. The van der Waals surface area contributed by atoms with Crippen LogP contribution in [-0.2, 0) is 14.3 Å². The van der Waals surface area contributed by atoms with Crippen molar-refractivity contribution in [1.29, 1.82) is 0 Å². The van der Waals surface area contributed by atoms with Gasteiger partial charge in [0, 0.05) is 81.3 Å². The summed E-state index contributed by atoms with van der Waals surface area (Å²) in [6, 6.07) is 16.4. The number of nitrogens with one attached hydrogen (secondary N) is 1. The number of nitrogen functional groups attached to an aromatic ring is 1. The minimum absolute atomic E-state index is 0.0182. The van der Waals surface area contributed by atoms with Crippen LogP contribution in [0.25, 0.3) is 0 Å². The molecule has 0 bridgehead atoms. The van der Waals surface area contributed by atoms with E-state index in [1.807, 2.05) is 63.2 Å². The molecule has 1 aromatic heterocycles. The third-order valence-corrected chi connectivity index (χ3v) is 14.7. The van der Waals surface area contributed by atoms with Crippen LogP contribution in [0.3, 0.4) is 0 Å². The molecule has 70 heavy (non-hydrogen) atoms. The second kappa shape index (κ2) is 22.7. The molecule has 9 atom stereocenters. The molecule has 2 saturated carbocycles. The Morgan fingerprint density at radius 2 is 1.67 bits per heavy atom. The number of hydroxylamine groups is 1. The second-order valence-corrected chi connectivity index (χ2v) is 19.6. The van der Waals surface area contributed by atoms with Gasteiger partial charge in [-0.05, 0) is 123 Å². The Morgan fingerprint density at radius 3 is 2.26 bits per heavy atom. The van der Waals surface area contributed by atoms with Crippen LogP contribution in [-0.4, -0.2) is 105 Å².